The standard InChI is InChI=1S/C10H11NO3S2/c12-6-3-7-15-10-8-4-1-2-5-9(8)16(13,14)11-10/h1-2,4-5,12H,3,6-7H2. The van der Waals surface area contributed by atoms with Gasteiger partial charge < -0.3 is 5.11 Å². The van der Waals surface area contributed by atoms with Crippen LogP contribution in [0.4, 0.5) is 0 Å². The molecule has 1 N–H and O–H groups in total. The number of fused-ring (bicyclic) bond motifs is 1. The molecule has 6 heteroatoms. The fraction of sp³-hybridized carbons (Fsp3) is 0.300. The lowest BCUT2D eigenvalue weighted by molar-refractivity contribution is 0.296. The molecule has 1 aromatic carbocycles. The lowest BCUT2D eigenvalue weighted by Gasteiger charge is -2.00. The molecular formula is C10H11NO3S2. The van der Waals surface area contributed by atoms with Crippen molar-refractivity contribution in [3.63, 3.8) is 0 Å². The van der Waals surface area contributed by atoms with Crippen LogP contribution >= 0.6 is 11.8 Å². The minimum absolute atomic E-state index is 0.106. The van der Waals surface area contributed by atoms with Crippen LogP contribution in [0, 0.1) is 0 Å². The molecule has 0 aromatic heterocycles. The third-order valence-corrected chi connectivity index (χ3v) is 4.67. The van der Waals surface area contributed by atoms with Crippen molar-refractivity contribution in [3.8, 4) is 0 Å². The molecule has 0 saturated heterocycles. The summed E-state index contributed by atoms with van der Waals surface area (Å²) in [5.41, 5.74) is 0.672. The minimum atomic E-state index is -3.49. The van der Waals surface area contributed by atoms with Gasteiger partial charge in [-0.1, -0.05) is 18.2 Å². The third kappa shape index (κ3) is 2.14. The van der Waals surface area contributed by atoms with E-state index in [0.717, 1.165) is 0 Å². The first-order chi connectivity index (χ1) is 7.65. The molecule has 2 rings (SSSR count). The highest BCUT2D eigenvalue weighted by atomic mass is 32.2. The van der Waals surface area contributed by atoms with E-state index in [0.29, 0.717) is 22.8 Å². The number of benzene rings is 1. The second kappa shape index (κ2) is 4.57. The zero-order valence-corrected chi connectivity index (χ0v) is 10.1. The number of rotatable bonds is 3. The molecule has 0 atom stereocenters. The fourth-order valence-electron chi connectivity index (χ4n) is 1.41. The Labute approximate surface area is 98.5 Å². The lowest BCUT2D eigenvalue weighted by atomic mass is 10.2. The van der Waals surface area contributed by atoms with Gasteiger partial charge in [0.15, 0.2) is 0 Å². The second-order valence-electron chi connectivity index (χ2n) is 3.29. The normalized spacial score (nSPS) is 16.9. The lowest BCUT2D eigenvalue weighted by Crippen LogP contribution is -1.95. The van der Waals surface area contributed by atoms with Crippen molar-refractivity contribution in [3.05, 3.63) is 29.8 Å². The Morgan fingerprint density at radius 2 is 2.06 bits per heavy atom. The van der Waals surface area contributed by atoms with Crippen molar-refractivity contribution in [2.75, 3.05) is 12.4 Å². The van der Waals surface area contributed by atoms with Crippen molar-refractivity contribution >= 4 is 26.8 Å². The van der Waals surface area contributed by atoms with E-state index in [4.69, 9.17) is 5.11 Å². The molecule has 86 valence electrons. The van der Waals surface area contributed by atoms with E-state index in [1.807, 2.05) is 0 Å². The number of hydrogen-bond donors (Lipinski definition) is 1. The summed E-state index contributed by atoms with van der Waals surface area (Å²) in [4.78, 5) is 0.279. The molecule has 0 fully saturated rings. The predicted octanol–water partition coefficient (Wildman–Crippen LogP) is 1.25. The Bertz CT molecular complexity index is 523. The maximum Gasteiger partial charge on any atom is 0.284 e. The molecule has 0 amide bonds. The summed E-state index contributed by atoms with van der Waals surface area (Å²) in [6.07, 6.45) is 0.631. The molecule has 1 aliphatic rings. The average Bonchev–Trinajstić information content (AvgIpc) is 2.52. The summed E-state index contributed by atoms with van der Waals surface area (Å²) in [5, 5.41) is 9.20. The van der Waals surface area contributed by atoms with Gasteiger partial charge in [0, 0.05) is 17.9 Å². The van der Waals surface area contributed by atoms with Crippen molar-refractivity contribution in [1.82, 2.24) is 0 Å². The Morgan fingerprint density at radius 3 is 2.81 bits per heavy atom. The van der Waals surface area contributed by atoms with Crippen molar-refractivity contribution in [1.29, 1.82) is 0 Å². The van der Waals surface area contributed by atoms with Gasteiger partial charge >= 0.3 is 0 Å². The monoisotopic (exact) mass is 257 g/mol. The van der Waals surface area contributed by atoms with E-state index in [2.05, 4.69) is 4.40 Å². The summed E-state index contributed by atoms with van der Waals surface area (Å²) < 4.78 is 27.0. The molecule has 1 aliphatic heterocycles. The Hall–Kier alpha value is -0.850. The van der Waals surface area contributed by atoms with Crippen LogP contribution in [0.25, 0.3) is 0 Å². The minimum Gasteiger partial charge on any atom is -0.396 e. The van der Waals surface area contributed by atoms with Crippen molar-refractivity contribution < 1.29 is 13.5 Å². The highest BCUT2D eigenvalue weighted by molar-refractivity contribution is 8.15. The number of aliphatic hydroxyl groups is 1. The summed E-state index contributed by atoms with van der Waals surface area (Å²) in [6.45, 7) is 0.106. The predicted molar refractivity (Wildman–Crippen MR) is 64.3 cm³/mol. The molecule has 4 nitrogen and oxygen atoms in total. The highest BCUT2D eigenvalue weighted by Gasteiger charge is 2.28. The number of hydrogen-bond acceptors (Lipinski definition) is 4. The van der Waals surface area contributed by atoms with Gasteiger partial charge in [0.25, 0.3) is 10.0 Å². The van der Waals surface area contributed by atoms with E-state index in [1.165, 1.54) is 11.8 Å². The van der Waals surface area contributed by atoms with Gasteiger partial charge in [0.2, 0.25) is 0 Å². The molecule has 0 aliphatic carbocycles. The molecule has 0 radical (unpaired) electrons. The zero-order valence-electron chi connectivity index (χ0n) is 8.46. The molecule has 0 saturated carbocycles. The number of thioether (sulfide) groups is 1. The van der Waals surface area contributed by atoms with Gasteiger partial charge in [-0.3, -0.25) is 0 Å². The van der Waals surface area contributed by atoms with Crippen LogP contribution in [-0.2, 0) is 10.0 Å². The van der Waals surface area contributed by atoms with Crippen LogP contribution in [0.5, 0.6) is 0 Å². The van der Waals surface area contributed by atoms with Crippen LogP contribution in [-0.4, -0.2) is 30.9 Å². The Kier molecular flexibility index (Phi) is 3.32. The van der Waals surface area contributed by atoms with E-state index in [9.17, 15) is 8.42 Å². The van der Waals surface area contributed by atoms with Gasteiger partial charge in [0.05, 0.1) is 4.90 Å². The Balaban J connectivity index is 2.29. The molecule has 0 bridgehead atoms. The van der Waals surface area contributed by atoms with E-state index >= 15 is 0 Å². The van der Waals surface area contributed by atoms with E-state index < -0.39 is 10.0 Å². The Morgan fingerprint density at radius 1 is 1.31 bits per heavy atom. The van der Waals surface area contributed by atoms with Gasteiger partial charge in [-0.05, 0) is 12.5 Å². The molecule has 1 aromatic rings. The topological polar surface area (TPSA) is 66.7 Å². The number of sulfonamides is 1. The van der Waals surface area contributed by atoms with Crippen molar-refractivity contribution in [2.24, 2.45) is 4.40 Å². The molecule has 0 unspecified atom stereocenters. The van der Waals surface area contributed by atoms with Crippen LogP contribution in [0.15, 0.2) is 33.6 Å². The van der Waals surface area contributed by atoms with Gasteiger partial charge in [-0.25, -0.2) is 0 Å². The number of aliphatic hydroxyl groups excluding tert-OH is 1. The molecule has 0 spiro atoms. The van der Waals surface area contributed by atoms with Gasteiger partial charge in [0.1, 0.15) is 5.04 Å². The van der Waals surface area contributed by atoms with Crippen LogP contribution in [0.1, 0.15) is 12.0 Å². The smallest absolute Gasteiger partial charge is 0.284 e. The summed E-state index contributed by atoms with van der Waals surface area (Å²) in [6, 6.07) is 6.80. The van der Waals surface area contributed by atoms with Crippen LogP contribution < -0.4 is 0 Å². The van der Waals surface area contributed by atoms with E-state index in [-0.39, 0.29) is 11.5 Å². The summed E-state index contributed by atoms with van der Waals surface area (Å²) in [7, 11) is -3.49. The van der Waals surface area contributed by atoms with Gasteiger partial charge in [-0.15, -0.1) is 11.8 Å². The number of nitrogens with zero attached hydrogens (tertiary/aromatic N) is 1. The quantitative estimate of drug-likeness (QED) is 0.828. The fourth-order valence-corrected chi connectivity index (χ4v) is 3.89. The van der Waals surface area contributed by atoms with Crippen molar-refractivity contribution in [2.45, 2.75) is 11.3 Å². The third-order valence-electron chi connectivity index (χ3n) is 2.14. The highest BCUT2D eigenvalue weighted by Crippen LogP contribution is 2.30. The van der Waals surface area contributed by atoms with E-state index in [1.54, 1.807) is 24.3 Å². The SMILES string of the molecule is O=S1(=O)N=C(SCCCO)c2ccccc21. The first-order valence-electron chi connectivity index (χ1n) is 4.83. The molecule has 16 heavy (non-hydrogen) atoms. The van der Waals surface area contributed by atoms with Crippen LogP contribution in [0.3, 0.4) is 0 Å². The summed E-state index contributed by atoms with van der Waals surface area (Å²) >= 11 is 1.36. The van der Waals surface area contributed by atoms with Crippen LogP contribution in [0.2, 0.25) is 0 Å². The maximum absolute atomic E-state index is 11.6. The largest absolute Gasteiger partial charge is 0.396 e. The average molecular weight is 257 g/mol. The first kappa shape index (κ1) is 11.6. The summed E-state index contributed by atoms with van der Waals surface area (Å²) in [5.74, 6) is 0.666. The molecular weight excluding hydrogens is 246 g/mol. The first-order valence-corrected chi connectivity index (χ1v) is 7.26. The van der Waals surface area contributed by atoms with Gasteiger partial charge in [-0.2, -0.15) is 12.8 Å². The maximum atomic E-state index is 11.6. The molecule has 1 heterocycles. The second-order valence-corrected chi connectivity index (χ2v) is 5.95. The zero-order chi connectivity index (χ0) is 11.6.